The van der Waals surface area contributed by atoms with E-state index in [-0.39, 0.29) is 12.5 Å². The zero-order chi connectivity index (χ0) is 19.1. The average molecular weight is 360 g/mol. The van der Waals surface area contributed by atoms with E-state index in [1.54, 1.807) is 32.2 Å². The Kier molecular flexibility index (Phi) is 6.80. The first-order valence-corrected chi connectivity index (χ1v) is 8.31. The number of para-hydroxylation sites is 2. The van der Waals surface area contributed by atoms with Crippen molar-refractivity contribution in [3.8, 4) is 5.75 Å². The Bertz CT molecular complexity index is 769. The van der Waals surface area contributed by atoms with Crippen LogP contribution in [0, 0.1) is 6.92 Å². The number of hydrogen-bond acceptors (Lipinski definition) is 6. The van der Waals surface area contributed by atoms with E-state index in [0.29, 0.717) is 41.6 Å². The molecule has 0 aliphatic heterocycles. The second-order valence-corrected chi connectivity index (χ2v) is 5.73. The van der Waals surface area contributed by atoms with E-state index in [2.05, 4.69) is 5.32 Å². The van der Waals surface area contributed by atoms with Gasteiger partial charge in [-0.05, 0) is 31.7 Å². The molecule has 0 radical (unpaired) electrons. The van der Waals surface area contributed by atoms with Crippen LogP contribution in [0.2, 0.25) is 0 Å². The highest BCUT2D eigenvalue weighted by Gasteiger charge is 2.18. The van der Waals surface area contributed by atoms with Gasteiger partial charge in [-0.3, -0.25) is 9.69 Å². The molecule has 140 valence electrons. The summed E-state index contributed by atoms with van der Waals surface area (Å²) in [7, 11) is 2.89. The second-order valence-electron chi connectivity index (χ2n) is 5.73. The smallest absolute Gasteiger partial charge is 0.341 e. The van der Waals surface area contributed by atoms with Gasteiger partial charge in [-0.1, -0.05) is 19.1 Å². The van der Waals surface area contributed by atoms with Crippen molar-refractivity contribution in [2.75, 3.05) is 32.6 Å². The molecular formula is C19H24N2O5. The number of methoxy groups -OCH3 is 2. The van der Waals surface area contributed by atoms with Crippen molar-refractivity contribution in [2.24, 2.45) is 0 Å². The van der Waals surface area contributed by atoms with Gasteiger partial charge in [-0.25, -0.2) is 4.79 Å². The van der Waals surface area contributed by atoms with E-state index < -0.39 is 5.97 Å². The van der Waals surface area contributed by atoms with Gasteiger partial charge in [-0.2, -0.15) is 0 Å². The van der Waals surface area contributed by atoms with Crippen LogP contribution >= 0.6 is 0 Å². The Morgan fingerprint density at radius 1 is 1.23 bits per heavy atom. The summed E-state index contributed by atoms with van der Waals surface area (Å²) in [5.74, 6) is 1.12. The van der Waals surface area contributed by atoms with Gasteiger partial charge >= 0.3 is 5.97 Å². The summed E-state index contributed by atoms with van der Waals surface area (Å²) in [5.41, 5.74) is 1.02. The number of benzene rings is 1. The SMILES string of the molecule is CCN(CC(=O)Nc1ccccc1OC)Cc1cc(C(=O)OC)c(C)o1. The largest absolute Gasteiger partial charge is 0.495 e. The van der Waals surface area contributed by atoms with Crippen molar-refractivity contribution in [3.63, 3.8) is 0 Å². The number of carbonyl (C=O) groups is 2. The molecule has 1 N–H and O–H groups in total. The third kappa shape index (κ3) is 4.86. The average Bonchev–Trinajstić information content (AvgIpc) is 3.01. The molecule has 0 spiro atoms. The molecule has 0 saturated carbocycles. The molecule has 0 atom stereocenters. The summed E-state index contributed by atoms with van der Waals surface area (Å²) in [4.78, 5) is 25.9. The molecule has 1 aromatic carbocycles. The van der Waals surface area contributed by atoms with Crippen LogP contribution in [0.4, 0.5) is 5.69 Å². The van der Waals surface area contributed by atoms with Crippen LogP contribution in [-0.2, 0) is 16.1 Å². The van der Waals surface area contributed by atoms with Gasteiger partial charge in [0.05, 0.1) is 33.0 Å². The molecule has 26 heavy (non-hydrogen) atoms. The van der Waals surface area contributed by atoms with Crippen LogP contribution in [0.25, 0.3) is 0 Å². The Balaban J connectivity index is 2.01. The van der Waals surface area contributed by atoms with Gasteiger partial charge < -0.3 is 19.2 Å². The number of furan rings is 1. The van der Waals surface area contributed by atoms with Gasteiger partial charge in [0.1, 0.15) is 22.8 Å². The van der Waals surface area contributed by atoms with E-state index in [0.717, 1.165) is 0 Å². The summed E-state index contributed by atoms with van der Waals surface area (Å²) >= 11 is 0. The fourth-order valence-corrected chi connectivity index (χ4v) is 2.57. The lowest BCUT2D eigenvalue weighted by molar-refractivity contribution is -0.117. The van der Waals surface area contributed by atoms with Gasteiger partial charge in [-0.15, -0.1) is 0 Å². The Morgan fingerprint density at radius 3 is 2.62 bits per heavy atom. The predicted molar refractivity (Wildman–Crippen MR) is 97.4 cm³/mol. The maximum Gasteiger partial charge on any atom is 0.341 e. The van der Waals surface area contributed by atoms with Crippen LogP contribution in [0.3, 0.4) is 0 Å². The number of likely N-dealkylation sites (N-methyl/N-ethyl adjacent to an activating group) is 1. The van der Waals surface area contributed by atoms with Crippen LogP contribution in [-0.4, -0.2) is 44.1 Å². The van der Waals surface area contributed by atoms with E-state index >= 15 is 0 Å². The van der Waals surface area contributed by atoms with Crippen molar-refractivity contribution in [3.05, 3.63) is 47.4 Å². The minimum atomic E-state index is -0.436. The number of ether oxygens (including phenoxy) is 2. The van der Waals surface area contributed by atoms with Crippen LogP contribution in [0.5, 0.6) is 5.75 Å². The number of esters is 1. The highest BCUT2D eigenvalue weighted by molar-refractivity contribution is 5.93. The lowest BCUT2D eigenvalue weighted by Gasteiger charge is -2.19. The van der Waals surface area contributed by atoms with Gasteiger partial charge in [0, 0.05) is 0 Å². The highest BCUT2D eigenvalue weighted by atomic mass is 16.5. The first-order chi connectivity index (χ1) is 12.5. The third-order valence-electron chi connectivity index (χ3n) is 3.95. The summed E-state index contributed by atoms with van der Waals surface area (Å²) in [6, 6.07) is 8.89. The molecule has 0 fully saturated rings. The van der Waals surface area contributed by atoms with Crippen molar-refractivity contribution in [1.29, 1.82) is 0 Å². The number of hydrogen-bond donors (Lipinski definition) is 1. The highest BCUT2D eigenvalue weighted by Crippen LogP contribution is 2.23. The molecule has 1 aromatic heterocycles. The minimum absolute atomic E-state index is 0.159. The number of carbonyl (C=O) groups excluding carboxylic acids is 2. The molecule has 7 heteroatoms. The number of rotatable bonds is 8. The molecule has 0 bridgehead atoms. The maximum absolute atomic E-state index is 12.4. The van der Waals surface area contributed by atoms with Crippen LogP contribution in [0.15, 0.2) is 34.7 Å². The van der Waals surface area contributed by atoms with Gasteiger partial charge in [0.2, 0.25) is 5.91 Å². The molecule has 2 aromatic rings. The molecule has 0 aliphatic carbocycles. The maximum atomic E-state index is 12.4. The van der Waals surface area contributed by atoms with Crippen molar-refractivity contribution < 1.29 is 23.5 Å². The summed E-state index contributed by atoms with van der Waals surface area (Å²) in [5, 5.41) is 2.85. The Hall–Kier alpha value is -2.80. The molecular weight excluding hydrogens is 336 g/mol. The summed E-state index contributed by atoms with van der Waals surface area (Å²) in [6.45, 7) is 4.90. The lowest BCUT2D eigenvalue weighted by Crippen LogP contribution is -2.32. The van der Waals surface area contributed by atoms with Gasteiger partial charge in [0.15, 0.2) is 0 Å². The lowest BCUT2D eigenvalue weighted by atomic mass is 10.2. The first-order valence-electron chi connectivity index (χ1n) is 8.31. The second kappa shape index (κ2) is 9.05. The predicted octanol–water partition coefficient (Wildman–Crippen LogP) is 2.84. The fourth-order valence-electron chi connectivity index (χ4n) is 2.57. The van der Waals surface area contributed by atoms with Crippen molar-refractivity contribution >= 4 is 17.6 Å². The standard InChI is InChI=1S/C19H24N2O5/c1-5-21(11-14-10-15(13(2)26-14)19(23)25-4)12-18(22)20-16-8-6-7-9-17(16)24-3/h6-10H,5,11-12H2,1-4H3,(H,20,22). The normalized spacial score (nSPS) is 10.7. The number of amides is 1. The van der Waals surface area contributed by atoms with E-state index in [1.807, 2.05) is 24.0 Å². The van der Waals surface area contributed by atoms with E-state index in [9.17, 15) is 9.59 Å². The molecule has 0 aliphatic rings. The van der Waals surface area contributed by atoms with Crippen LogP contribution in [0.1, 0.15) is 28.8 Å². The zero-order valence-corrected chi connectivity index (χ0v) is 15.5. The zero-order valence-electron chi connectivity index (χ0n) is 15.5. The molecule has 7 nitrogen and oxygen atoms in total. The minimum Gasteiger partial charge on any atom is -0.495 e. The fraction of sp³-hybridized carbons (Fsp3) is 0.368. The number of aryl methyl sites for hydroxylation is 1. The molecule has 0 saturated heterocycles. The molecule has 0 unspecified atom stereocenters. The quantitative estimate of drug-likeness (QED) is 0.729. The van der Waals surface area contributed by atoms with Crippen LogP contribution < -0.4 is 10.1 Å². The summed E-state index contributed by atoms with van der Waals surface area (Å²) in [6.07, 6.45) is 0. The summed E-state index contributed by atoms with van der Waals surface area (Å²) < 4.78 is 15.6. The molecule has 1 heterocycles. The topological polar surface area (TPSA) is 81.0 Å². The Morgan fingerprint density at radius 2 is 1.96 bits per heavy atom. The number of anilines is 1. The first kappa shape index (κ1) is 19.5. The van der Waals surface area contributed by atoms with Gasteiger partial charge in [0.25, 0.3) is 0 Å². The van der Waals surface area contributed by atoms with E-state index in [1.165, 1.54) is 7.11 Å². The molecule has 2 rings (SSSR count). The van der Waals surface area contributed by atoms with Crippen molar-refractivity contribution in [2.45, 2.75) is 20.4 Å². The molecule has 1 amide bonds. The Labute approximate surface area is 152 Å². The van der Waals surface area contributed by atoms with Crippen molar-refractivity contribution in [1.82, 2.24) is 4.90 Å². The number of nitrogens with one attached hydrogen (secondary N) is 1. The number of nitrogens with zero attached hydrogens (tertiary/aromatic N) is 1. The van der Waals surface area contributed by atoms with E-state index in [4.69, 9.17) is 13.9 Å². The third-order valence-corrected chi connectivity index (χ3v) is 3.95. The monoisotopic (exact) mass is 360 g/mol.